The summed E-state index contributed by atoms with van der Waals surface area (Å²) in [6, 6.07) is 9.36. The third-order valence-electron chi connectivity index (χ3n) is 4.67. The van der Waals surface area contributed by atoms with Crippen LogP contribution in [0.5, 0.6) is 0 Å². The number of hydrogen-bond acceptors (Lipinski definition) is 2. The van der Waals surface area contributed by atoms with Gasteiger partial charge < -0.3 is 10.2 Å². The van der Waals surface area contributed by atoms with Crippen LogP contribution in [0.1, 0.15) is 39.7 Å². The van der Waals surface area contributed by atoms with E-state index < -0.39 is 5.54 Å². The fourth-order valence-electron chi connectivity index (χ4n) is 3.76. The molecule has 2 rings (SSSR count). The molecule has 5 nitrogen and oxygen atoms in total. The molecule has 1 aromatic carbocycles. The van der Waals surface area contributed by atoms with Crippen LogP contribution in [0, 0.1) is 5.41 Å². The largest absolute Gasteiger partial charge is 0.341 e. The second-order valence-corrected chi connectivity index (χ2v) is 7.16. The van der Waals surface area contributed by atoms with Crippen molar-refractivity contribution in [3.8, 4) is 0 Å². The van der Waals surface area contributed by atoms with Gasteiger partial charge >= 0.3 is 6.03 Å². The summed E-state index contributed by atoms with van der Waals surface area (Å²) in [5.41, 5.74) is -0.369. The summed E-state index contributed by atoms with van der Waals surface area (Å²) in [7, 11) is 3.39. The van der Waals surface area contributed by atoms with Gasteiger partial charge in [0.25, 0.3) is 5.91 Å². The second kappa shape index (κ2) is 5.87. The first-order valence-electron chi connectivity index (χ1n) is 8.05. The smallest absolute Gasteiger partial charge is 0.319 e. The van der Waals surface area contributed by atoms with E-state index in [0.29, 0.717) is 6.42 Å². The zero-order chi connectivity index (χ0) is 17.4. The number of carbonyl (C=O) groups excluding carboxylic acids is 2. The van der Waals surface area contributed by atoms with Crippen LogP contribution in [-0.2, 0) is 10.3 Å². The highest BCUT2D eigenvalue weighted by molar-refractivity contribution is 5.95. The van der Waals surface area contributed by atoms with Crippen molar-refractivity contribution in [2.24, 2.45) is 5.41 Å². The normalized spacial score (nSPS) is 25.0. The number of hydrogen-bond donors (Lipinski definition) is 1. The molecule has 0 aromatic heterocycles. The molecule has 1 N–H and O–H groups in total. The average molecular weight is 317 g/mol. The maximum absolute atomic E-state index is 13.3. The zero-order valence-electron chi connectivity index (χ0n) is 14.9. The molecule has 3 amide bonds. The Bertz CT molecular complexity index is 594. The van der Waals surface area contributed by atoms with E-state index >= 15 is 0 Å². The van der Waals surface area contributed by atoms with Crippen molar-refractivity contribution in [1.29, 1.82) is 0 Å². The van der Waals surface area contributed by atoms with Gasteiger partial charge in [-0.2, -0.15) is 0 Å². The molecule has 0 saturated carbocycles. The van der Waals surface area contributed by atoms with E-state index in [1.165, 1.54) is 0 Å². The highest BCUT2D eigenvalue weighted by Crippen LogP contribution is 2.46. The first-order valence-corrected chi connectivity index (χ1v) is 8.05. The molecule has 1 heterocycles. The fourth-order valence-corrected chi connectivity index (χ4v) is 3.76. The second-order valence-electron chi connectivity index (χ2n) is 7.16. The molecule has 0 aliphatic carbocycles. The predicted molar refractivity (Wildman–Crippen MR) is 90.7 cm³/mol. The number of amides is 3. The van der Waals surface area contributed by atoms with Crippen LogP contribution in [0.3, 0.4) is 0 Å². The van der Waals surface area contributed by atoms with Crippen molar-refractivity contribution >= 4 is 11.9 Å². The standard InChI is InChI=1S/C18H27N3O2/c1-7-18(13-11-9-8-10-12-13)15(22)20(6)14(17(2,3)4)21(18)16(23)19-5/h8-12,14H,7H2,1-6H3,(H,19,23)/t14-,18-/m0/s1. The van der Waals surface area contributed by atoms with E-state index in [9.17, 15) is 9.59 Å². The summed E-state index contributed by atoms with van der Waals surface area (Å²) in [5, 5.41) is 2.72. The Kier molecular flexibility index (Phi) is 4.42. The predicted octanol–water partition coefficient (Wildman–Crippen LogP) is 2.78. The molecule has 1 aliphatic rings. The Morgan fingerprint density at radius 3 is 2.26 bits per heavy atom. The highest BCUT2D eigenvalue weighted by Gasteiger charge is 2.60. The Morgan fingerprint density at radius 1 is 1.26 bits per heavy atom. The zero-order valence-corrected chi connectivity index (χ0v) is 14.9. The van der Waals surface area contributed by atoms with E-state index in [4.69, 9.17) is 0 Å². The molecule has 5 heteroatoms. The van der Waals surface area contributed by atoms with Crippen molar-refractivity contribution in [3.63, 3.8) is 0 Å². The van der Waals surface area contributed by atoms with Gasteiger partial charge in [0.2, 0.25) is 0 Å². The molecular formula is C18H27N3O2. The van der Waals surface area contributed by atoms with Crippen molar-refractivity contribution in [3.05, 3.63) is 35.9 Å². The molecule has 23 heavy (non-hydrogen) atoms. The summed E-state index contributed by atoms with van der Waals surface area (Å²) in [5.74, 6) is -0.0327. The molecule has 0 unspecified atom stereocenters. The summed E-state index contributed by atoms with van der Waals surface area (Å²) in [4.78, 5) is 29.4. The molecule has 1 fully saturated rings. The average Bonchev–Trinajstić information content (AvgIpc) is 2.76. The molecular weight excluding hydrogens is 290 g/mol. The molecule has 1 saturated heterocycles. The number of nitrogens with one attached hydrogen (secondary N) is 1. The highest BCUT2D eigenvalue weighted by atomic mass is 16.2. The monoisotopic (exact) mass is 317 g/mol. The Balaban J connectivity index is 2.72. The van der Waals surface area contributed by atoms with E-state index in [1.54, 1.807) is 23.9 Å². The SMILES string of the molecule is CC[C@]1(c2ccccc2)C(=O)N(C)[C@H](C(C)(C)C)N1C(=O)NC. The fraction of sp³-hybridized carbons (Fsp3) is 0.556. The molecule has 1 aromatic rings. The molecule has 2 atom stereocenters. The van der Waals surface area contributed by atoms with Gasteiger partial charge in [-0.1, -0.05) is 58.0 Å². The van der Waals surface area contributed by atoms with Gasteiger partial charge in [-0.3, -0.25) is 9.69 Å². The first-order chi connectivity index (χ1) is 10.7. The van der Waals surface area contributed by atoms with Crippen LogP contribution < -0.4 is 5.32 Å². The van der Waals surface area contributed by atoms with Gasteiger partial charge in [-0.15, -0.1) is 0 Å². The van der Waals surface area contributed by atoms with Crippen molar-refractivity contribution < 1.29 is 9.59 Å². The Labute approximate surface area is 138 Å². The lowest BCUT2D eigenvalue weighted by Gasteiger charge is -2.42. The van der Waals surface area contributed by atoms with E-state index in [0.717, 1.165) is 5.56 Å². The number of rotatable bonds is 2. The lowest BCUT2D eigenvalue weighted by atomic mass is 9.84. The van der Waals surface area contributed by atoms with Crippen LogP contribution in [0.15, 0.2) is 30.3 Å². The Morgan fingerprint density at radius 2 is 1.83 bits per heavy atom. The summed E-state index contributed by atoms with van der Waals surface area (Å²) < 4.78 is 0. The summed E-state index contributed by atoms with van der Waals surface area (Å²) in [6.07, 6.45) is 0.218. The van der Waals surface area contributed by atoms with Crippen molar-refractivity contribution in [2.45, 2.75) is 45.8 Å². The number of nitrogens with zero attached hydrogens (tertiary/aromatic N) is 2. The van der Waals surface area contributed by atoms with Gasteiger partial charge in [0.15, 0.2) is 5.54 Å². The topological polar surface area (TPSA) is 52.7 Å². The quantitative estimate of drug-likeness (QED) is 0.912. The lowest BCUT2D eigenvalue weighted by molar-refractivity contribution is -0.133. The van der Waals surface area contributed by atoms with Gasteiger partial charge in [0.1, 0.15) is 6.17 Å². The third-order valence-corrected chi connectivity index (χ3v) is 4.67. The van der Waals surface area contributed by atoms with Crippen LogP contribution in [-0.4, -0.2) is 42.0 Å². The molecule has 1 aliphatic heterocycles. The van der Waals surface area contributed by atoms with Crippen LogP contribution in [0.4, 0.5) is 4.79 Å². The minimum Gasteiger partial charge on any atom is -0.341 e. The number of benzene rings is 1. The number of urea groups is 1. The van der Waals surface area contributed by atoms with Crippen LogP contribution >= 0.6 is 0 Å². The van der Waals surface area contributed by atoms with Gasteiger partial charge in [0.05, 0.1) is 0 Å². The van der Waals surface area contributed by atoms with E-state index in [2.05, 4.69) is 5.32 Å². The molecule has 0 bridgehead atoms. The van der Waals surface area contributed by atoms with E-state index in [1.807, 2.05) is 58.0 Å². The maximum atomic E-state index is 13.3. The van der Waals surface area contributed by atoms with Crippen LogP contribution in [0.2, 0.25) is 0 Å². The first kappa shape index (κ1) is 17.3. The van der Waals surface area contributed by atoms with Gasteiger partial charge in [-0.05, 0) is 12.0 Å². The van der Waals surface area contributed by atoms with Gasteiger partial charge in [0, 0.05) is 19.5 Å². The minimum atomic E-state index is -0.964. The minimum absolute atomic E-state index is 0.0327. The van der Waals surface area contributed by atoms with Crippen molar-refractivity contribution in [2.75, 3.05) is 14.1 Å². The lowest BCUT2D eigenvalue weighted by Crippen LogP contribution is -2.57. The summed E-state index contributed by atoms with van der Waals surface area (Å²) in [6.45, 7) is 8.11. The van der Waals surface area contributed by atoms with Crippen LogP contribution in [0.25, 0.3) is 0 Å². The number of carbonyl (C=O) groups is 2. The number of likely N-dealkylation sites (N-methyl/N-ethyl adjacent to an activating group) is 1. The third kappa shape index (κ3) is 2.48. The molecule has 0 spiro atoms. The molecule has 0 radical (unpaired) electrons. The Hall–Kier alpha value is -2.04. The van der Waals surface area contributed by atoms with E-state index in [-0.39, 0.29) is 23.5 Å². The van der Waals surface area contributed by atoms with Crippen molar-refractivity contribution in [1.82, 2.24) is 15.1 Å². The summed E-state index contributed by atoms with van der Waals surface area (Å²) >= 11 is 0. The molecule has 126 valence electrons. The maximum Gasteiger partial charge on any atom is 0.319 e. The van der Waals surface area contributed by atoms with Gasteiger partial charge in [-0.25, -0.2) is 4.79 Å².